The van der Waals surface area contributed by atoms with Crippen LogP contribution in [0.3, 0.4) is 0 Å². The van der Waals surface area contributed by atoms with E-state index in [1.807, 2.05) is 30.3 Å². The van der Waals surface area contributed by atoms with Crippen LogP contribution in [0.25, 0.3) is 0 Å². The predicted octanol–water partition coefficient (Wildman–Crippen LogP) is 3.70. The summed E-state index contributed by atoms with van der Waals surface area (Å²) in [5, 5.41) is 3.75. The predicted molar refractivity (Wildman–Crippen MR) is 131 cm³/mol. The van der Waals surface area contributed by atoms with Crippen LogP contribution < -0.4 is 14.8 Å². The number of nitrogens with one attached hydrogen (secondary N) is 1. The van der Waals surface area contributed by atoms with E-state index in [1.165, 1.54) is 11.8 Å². The summed E-state index contributed by atoms with van der Waals surface area (Å²) in [6.45, 7) is 1.92. The van der Waals surface area contributed by atoms with Crippen LogP contribution in [0.5, 0.6) is 11.5 Å². The Morgan fingerprint density at radius 3 is 2.53 bits per heavy atom. The van der Waals surface area contributed by atoms with Gasteiger partial charge in [0.05, 0.1) is 31.4 Å². The minimum Gasteiger partial charge on any atom is -0.497 e. The molecule has 2 aliphatic rings. The molecule has 2 aromatic carbocycles. The lowest BCUT2D eigenvalue weighted by molar-refractivity contribution is -0.113. The number of aliphatic imine (C=N–C) groups is 2. The average Bonchev–Trinajstić information content (AvgIpc) is 3.18. The third kappa shape index (κ3) is 4.97. The van der Waals surface area contributed by atoms with E-state index in [0.717, 1.165) is 42.3 Å². The zero-order chi connectivity index (χ0) is 22.6. The Morgan fingerprint density at radius 1 is 1.09 bits per heavy atom. The van der Waals surface area contributed by atoms with Gasteiger partial charge < -0.3 is 19.7 Å². The molecule has 32 heavy (non-hydrogen) atoms. The van der Waals surface area contributed by atoms with Gasteiger partial charge in [-0.05, 0) is 19.2 Å². The van der Waals surface area contributed by atoms with Crippen LogP contribution in [0.4, 0.5) is 5.69 Å². The Hall–Kier alpha value is -2.84. The zero-order valence-electron chi connectivity index (χ0n) is 18.6. The van der Waals surface area contributed by atoms with Gasteiger partial charge in [0, 0.05) is 37.6 Å². The average molecular weight is 453 g/mol. The highest BCUT2D eigenvalue weighted by molar-refractivity contribution is 8.16. The number of anilines is 1. The molecule has 2 heterocycles. The Balaban J connectivity index is 1.50. The second-order valence-electron chi connectivity index (χ2n) is 7.93. The molecule has 0 unspecified atom stereocenters. The third-order valence-corrected chi connectivity index (χ3v) is 6.65. The van der Waals surface area contributed by atoms with E-state index in [0.29, 0.717) is 17.2 Å². The van der Waals surface area contributed by atoms with E-state index in [9.17, 15) is 4.79 Å². The number of rotatable bonds is 6. The fourth-order valence-corrected chi connectivity index (χ4v) is 4.71. The molecule has 1 amide bonds. The van der Waals surface area contributed by atoms with Crippen molar-refractivity contribution in [2.45, 2.75) is 18.5 Å². The van der Waals surface area contributed by atoms with Gasteiger partial charge in [-0.3, -0.25) is 9.79 Å². The van der Waals surface area contributed by atoms with Crippen molar-refractivity contribution in [3.63, 3.8) is 0 Å². The van der Waals surface area contributed by atoms with Gasteiger partial charge in [0.15, 0.2) is 5.66 Å². The van der Waals surface area contributed by atoms with Gasteiger partial charge in [-0.15, -0.1) is 0 Å². The first-order valence-electron chi connectivity index (χ1n) is 10.6. The van der Waals surface area contributed by atoms with E-state index < -0.39 is 5.66 Å². The van der Waals surface area contributed by atoms with Gasteiger partial charge in [-0.2, -0.15) is 0 Å². The molecule has 0 radical (unpaired) electrons. The van der Waals surface area contributed by atoms with Crippen LogP contribution in [0.2, 0.25) is 0 Å². The largest absolute Gasteiger partial charge is 0.497 e. The topological polar surface area (TPSA) is 75.5 Å². The fourth-order valence-electron chi connectivity index (χ4n) is 3.84. The van der Waals surface area contributed by atoms with Gasteiger partial charge in [-0.1, -0.05) is 42.1 Å². The molecule has 1 fully saturated rings. The second kappa shape index (κ2) is 9.75. The van der Waals surface area contributed by atoms with Crippen molar-refractivity contribution in [2.24, 2.45) is 9.98 Å². The van der Waals surface area contributed by atoms with Gasteiger partial charge in [0.2, 0.25) is 5.91 Å². The summed E-state index contributed by atoms with van der Waals surface area (Å²) in [7, 11) is 5.29. The van der Waals surface area contributed by atoms with Crippen molar-refractivity contribution in [3.05, 3.63) is 54.1 Å². The van der Waals surface area contributed by atoms with Gasteiger partial charge in [0.1, 0.15) is 16.5 Å². The third-order valence-electron chi connectivity index (χ3n) is 5.69. The fraction of sp³-hybridized carbons (Fsp3) is 0.375. The van der Waals surface area contributed by atoms with Crippen molar-refractivity contribution in [3.8, 4) is 11.5 Å². The first kappa shape index (κ1) is 22.4. The summed E-state index contributed by atoms with van der Waals surface area (Å²) in [5.74, 6) is 1.32. The molecule has 8 heteroatoms. The van der Waals surface area contributed by atoms with Crippen molar-refractivity contribution in [1.82, 2.24) is 4.90 Å². The number of likely N-dealkylation sites (tertiary alicyclic amines) is 1. The SMILES string of the molecule is COc1ccc(OC)c(NC(=O)CSC2=NC3(CCN(C)CC3)N=C2c2ccccc2)c1. The summed E-state index contributed by atoms with van der Waals surface area (Å²) in [6, 6.07) is 15.4. The molecular formula is C24H28N4O3S. The molecule has 0 bridgehead atoms. The number of carbonyl (C=O) groups excluding carboxylic acids is 1. The smallest absolute Gasteiger partial charge is 0.234 e. The quantitative estimate of drug-likeness (QED) is 0.723. The van der Waals surface area contributed by atoms with Crippen LogP contribution in [-0.4, -0.2) is 67.3 Å². The monoisotopic (exact) mass is 452 g/mol. The lowest BCUT2D eigenvalue weighted by Crippen LogP contribution is -2.39. The van der Waals surface area contributed by atoms with Crippen molar-refractivity contribution in [1.29, 1.82) is 0 Å². The highest BCUT2D eigenvalue weighted by atomic mass is 32.2. The number of piperidine rings is 1. The summed E-state index contributed by atoms with van der Waals surface area (Å²) >= 11 is 1.43. The van der Waals surface area contributed by atoms with E-state index in [4.69, 9.17) is 19.5 Å². The van der Waals surface area contributed by atoms with Crippen LogP contribution in [0.15, 0.2) is 58.5 Å². The highest BCUT2D eigenvalue weighted by Gasteiger charge is 2.39. The van der Waals surface area contributed by atoms with Crippen LogP contribution in [0, 0.1) is 0 Å². The molecule has 0 saturated carbocycles. The maximum absolute atomic E-state index is 12.8. The van der Waals surface area contributed by atoms with Crippen LogP contribution >= 0.6 is 11.8 Å². The first-order chi connectivity index (χ1) is 15.5. The number of benzene rings is 2. The minimum atomic E-state index is -0.410. The van der Waals surface area contributed by atoms with Crippen molar-refractivity contribution < 1.29 is 14.3 Å². The molecule has 2 aromatic rings. The van der Waals surface area contributed by atoms with E-state index in [1.54, 1.807) is 32.4 Å². The Labute approximate surface area is 192 Å². The highest BCUT2D eigenvalue weighted by Crippen LogP contribution is 2.35. The Kier molecular flexibility index (Phi) is 6.81. The molecule has 1 N–H and O–H groups in total. The normalized spacial score (nSPS) is 17.6. The zero-order valence-corrected chi connectivity index (χ0v) is 19.4. The number of ether oxygens (including phenoxy) is 2. The molecule has 0 aliphatic carbocycles. The molecular weight excluding hydrogens is 424 g/mol. The number of carbonyl (C=O) groups is 1. The number of thioether (sulfide) groups is 1. The number of hydrogen-bond donors (Lipinski definition) is 1. The van der Waals surface area contributed by atoms with Crippen LogP contribution in [0.1, 0.15) is 18.4 Å². The van der Waals surface area contributed by atoms with Gasteiger partial charge in [0.25, 0.3) is 0 Å². The Bertz CT molecular complexity index is 1030. The van der Waals surface area contributed by atoms with E-state index in [-0.39, 0.29) is 11.7 Å². The maximum atomic E-state index is 12.8. The molecule has 1 spiro atoms. The molecule has 0 atom stereocenters. The standard InChI is InChI=1S/C24H28N4O3S/c1-28-13-11-24(12-14-28)26-22(17-7-5-4-6-8-17)23(27-24)32-16-21(29)25-19-15-18(30-2)9-10-20(19)31-3/h4-10,15H,11-14,16H2,1-3H3,(H,25,29). The Morgan fingerprint density at radius 2 is 1.84 bits per heavy atom. The van der Waals surface area contributed by atoms with Crippen LogP contribution in [-0.2, 0) is 4.79 Å². The second-order valence-corrected chi connectivity index (χ2v) is 8.90. The summed E-state index contributed by atoms with van der Waals surface area (Å²) in [5.41, 5.74) is 2.08. The summed E-state index contributed by atoms with van der Waals surface area (Å²) in [6.07, 6.45) is 1.77. The molecule has 168 valence electrons. The maximum Gasteiger partial charge on any atom is 0.234 e. The summed E-state index contributed by atoms with van der Waals surface area (Å²) < 4.78 is 10.6. The van der Waals surface area contributed by atoms with Gasteiger partial charge >= 0.3 is 0 Å². The van der Waals surface area contributed by atoms with E-state index >= 15 is 0 Å². The lowest BCUT2D eigenvalue weighted by Gasteiger charge is -2.33. The first-order valence-corrected chi connectivity index (χ1v) is 11.6. The number of nitrogens with zero attached hydrogens (tertiary/aromatic N) is 3. The molecule has 1 saturated heterocycles. The lowest BCUT2D eigenvalue weighted by atomic mass is 9.99. The molecule has 4 rings (SSSR count). The summed E-state index contributed by atoms with van der Waals surface area (Å²) in [4.78, 5) is 25.2. The number of amides is 1. The number of methoxy groups -OCH3 is 2. The van der Waals surface area contributed by atoms with E-state index in [2.05, 4.69) is 17.3 Å². The molecule has 7 nitrogen and oxygen atoms in total. The van der Waals surface area contributed by atoms with Gasteiger partial charge in [-0.25, -0.2) is 4.99 Å². The number of hydrogen-bond acceptors (Lipinski definition) is 7. The molecule has 2 aliphatic heterocycles. The van der Waals surface area contributed by atoms with Crippen molar-refractivity contribution >= 4 is 34.1 Å². The molecule has 0 aromatic heterocycles. The van der Waals surface area contributed by atoms with Crippen molar-refractivity contribution in [2.75, 3.05) is 45.4 Å². The minimum absolute atomic E-state index is 0.138.